The Hall–Kier alpha value is -3.60. The number of carbonyl (C=O) groups excluding carboxylic acids is 2. The number of nitrogens with zero attached hydrogens (tertiary/aromatic N) is 3. The highest BCUT2D eigenvalue weighted by Gasteiger charge is 2.32. The van der Waals surface area contributed by atoms with E-state index >= 15 is 0 Å². The summed E-state index contributed by atoms with van der Waals surface area (Å²) in [5.74, 6) is 0.632. The Bertz CT molecular complexity index is 1250. The van der Waals surface area contributed by atoms with Crippen molar-refractivity contribution in [1.29, 1.82) is 0 Å². The van der Waals surface area contributed by atoms with Crippen LogP contribution >= 0.6 is 11.6 Å². The maximum atomic E-state index is 12.9. The predicted molar refractivity (Wildman–Crippen MR) is 141 cm³/mol. The molecule has 0 bridgehead atoms. The molecule has 0 aliphatic carbocycles. The minimum atomic E-state index is -4.43. The van der Waals surface area contributed by atoms with Gasteiger partial charge in [0.25, 0.3) is 5.69 Å². The van der Waals surface area contributed by atoms with Gasteiger partial charge in [-0.1, -0.05) is 23.7 Å². The second kappa shape index (κ2) is 12.1. The number of hydrogen-bond acceptors (Lipinski definition) is 4. The molecule has 1 N–H and O–H groups in total. The van der Waals surface area contributed by atoms with Crippen molar-refractivity contribution in [3.05, 3.63) is 74.8 Å². The van der Waals surface area contributed by atoms with Gasteiger partial charge in [-0.2, -0.15) is 13.2 Å². The maximum absolute atomic E-state index is 12.9. The minimum absolute atomic E-state index is 0.0958. The van der Waals surface area contributed by atoms with Gasteiger partial charge in [0.2, 0.25) is 5.91 Å². The average Bonchev–Trinajstić information content (AvgIpc) is 2.92. The van der Waals surface area contributed by atoms with Crippen molar-refractivity contribution >= 4 is 41.0 Å². The number of likely N-dealkylation sites (tertiary alicyclic amines) is 2. The number of non-ortho nitro benzene ring substituents is 1. The first-order chi connectivity index (χ1) is 18.5. The fourth-order valence-electron chi connectivity index (χ4n) is 5.17. The number of anilines is 1. The molecule has 2 heterocycles. The van der Waals surface area contributed by atoms with Gasteiger partial charge >= 0.3 is 12.2 Å². The van der Waals surface area contributed by atoms with Crippen LogP contribution in [0.25, 0.3) is 6.08 Å². The Morgan fingerprint density at radius 3 is 2.15 bits per heavy atom. The molecule has 2 aromatic carbocycles. The van der Waals surface area contributed by atoms with Crippen molar-refractivity contribution < 1.29 is 27.7 Å². The molecule has 0 atom stereocenters. The molecule has 39 heavy (non-hydrogen) atoms. The molecule has 4 rings (SSSR count). The zero-order valence-corrected chi connectivity index (χ0v) is 21.8. The van der Waals surface area contributed by atoms with E-state index in [1.807, 2.05) is 0 Å². The van der Waals surface area contributed by atoms with Gasteiger partial charge in [0.15, 0.2) is 0 Å². The lowest BCUT2D eigenvalue weighted by Crippen LogP contribution is -2.44. The van der Waals surface area contributed by atoms with E-state index in [0.717, 1.165) is 37.8 Å². The molecule has 2 saturated heterocycles. The number of nitro benzene ring substituents is 1. The van der Waals surface area contributed by atoms with Gasteiger partial charge < -0.3 is 15.1 Å². The van der Waals surface area contributed by atoms with Crippen LogP contribution in [0.4, 0.5) is 29.3 Å². The lowest BCUT2D eigenvalue weighted by atomic mass is 9.79. The third kappa shape index (κ3) is 7.29. The minimum Gasteiger partial charge on any atom is -0.339 e. The molecule has 2 fully saturated rings. The van der Waals surface area contributed by atoms with Crippen LogP contribution in [-0.4, -0.2) is 52.8 Å². The van der Waals surface area contributed by atoms with Gasteiger partial charge in [-0.05, 0) is 67.4 Å². The van der Waals surface area contributed by atoms with Crippen LogP contribution in [0.2, 0.25) is 5.02 Å². The van der Waals surface area contributed by atoms with Gasteiger partial charge in [0, 0.05) is 44.4 Å². The number of nitrogens with one attached hydrogen (secondary N) is 1. The summed E-state index contributed by atoms with van der Waals surface area (Å²) in [5, 5.41) is 13.7. The zero-order valence-electron chi connectivity index (χ0n) is 21.0. The number of halogens is 4. The number of nitro groups is 1. The number of amides is 3. The van der Waals surface area contributed by atoms with E-state index in [-0.39, 0.29) is 22.6 Å². The van der Waals surface area contributed by atoms with Crippen molar-refractivity contribution in [3.63, 3.8) is 0 Å². The lowest BCUT2D eigenvalue weighted by molar-refractivity contribution is -0.384. The molecule has 0 spiro atoms. The summed E-state index contributed by atoms with van der Waals surface area (Å²) in [5.41, 5.74) is -0.275. The van der Waals surface area contributed by atoms with Crippen molar-refractivity contribution in [1.82, 2.24) is 9.80 Å². The number of urea groups is 1. The topological polar surface area (TPSA) is 95.8 Å². The van der Waals surface area contributed by atoms with Gasteiger partial charge in [-0.15, -0.1) is 0 Å². The van der Waals surface area contributed by atoms with Crippen LogP contribution in [-0.2, 0) is 11.0 Å². The van der Waals surface area contributed by atoms with Crippen molar-refractivity contribution in [2.45, 2.75) is 31.9 Å². The number of hydrogen-bond donors (Lipinski definition) is 1. The van der Waals surface area contributed by atoms with Crippen LogP contribution in [0.3, 0.4) is 0 Å². The molecule has 2 aliphatic rings. The highest BCUT2D eigenvalue weighted by molar-refractivity contribution is 6.33. The van der Waals surface area contributed by atoms with Gasteiger partial charge in [-0.25, -0.2) is 4.79 Å². The Kier molecular flexibility index (Phi) is 8.79. The van der Waals surface area contributed by atoms with E-state index in [1.165, 1.54) is 42.5 Å². The first-order valence-electron chi connectivity index (χ1n) is 12.7. The quantitative estimate of drug-likeness (QED) is 0.256. The average molecular weight is 565 g/mol. The fraction of sp³-hybridized carbons (Fsp3) is 0.407. The van der Waals surface area contributed by atoms with Crippen LogP contribution in [0.1, 0.15) is 36.8 Å². The predicted octanol–water partition coefficient (Wildman–Crippen LogP) is 6.46. The summed E-state index contributed by atoms with van der Waals surface area (Å²) in [7, 11) is 0. The highest BCUT2D eigenvalue weighted by atomic mass is 35.5. The summed E-state index contributed by atoms with van der Waals surface area (Å²) < 4.78 is 38.7. The van der Waals surface area contributed by atoms with Crippen LogP contribution in [0.5, 0.6) is 0 Å². The third-order valence-electron chi connectivity index (χ3n) is 7.38. The van der Waals surface area contributed by atoms with Crippen molar-refractivity contribution in [3.8, 4) is 0 Å². The molecule has 3 amide bonds. The molecule has 2 aliphatic heterocycles. The summed E-state index contributed by atoms with van der Waals surface area (Å²) in [4.78, 5) is 39.0. The van der Waals surface area contributed by atoms with E-state index in [0.29, 0.717) is 49.3 Å². The normalized spacial score (nSPS) is 17.4. The zero-order chi connectivity index (χ0) is 28.2. The highest BCUT2D eigenvalue weighted by Crippen LogP contribution is 2.34. The van der Waals surface area contributed by atoms with E-state index in [1.54, 1.807) is 9.80 Å². The Morgan fingerprint density at radius 1 is 0.974 bits per heavy atom. The summed E-state index contributed by atoms with van der Waals surface area (Å²) in [6.07, 6.45) is 1.62. The molecule has 12 heteroatoms. The summed E-state index contributed by atoms with van der Waals surface area (Å²) in [6.45, 7) is 2.30. The molecule has 2 aromatic rings. The number of piperidine rings is 2. The fourth-order valence-corrected chi connectivity index (χ4v) is 5.39. The van der Waals surface area contributed by atoms with Gasteiger partial charge in [0.1, 0.15) is 0 Å². The lowest BCUT2D eigenvalue weighted by Gasteiger charge is -2.40. The van der Waals surface area contributed by atoms with E-state index in [4.69, 9.17) is 11.6 Å². The third-order valence-corrected chi connectivity index (χ3v) is 7.69. The van der Waals surface area contributed by atoms with Gasteiger partial charge in [0.05, 0.1) is 21.2 Å². The smallest absolute Gasteiger partial charge is 0.339 e. The van der Waals surface area contributed by atoms with E-state index < -0.39 is 16.7 Å². The molecule has 0 saturated carbocycles. The molecule has 0 radical (unpaired) electrons. The monoisotopic (exact) mass is 564 g/mol. The number of rotatable bonds is 5. The van der Waals surface area contributed by atoms with E-state index in [2.05, 4.69) is 5.32 Å². The number of alkyl halides is 3. The first-order valence-corrected chi connectivity index (χ1v) is 13.0. The standard InChI is InChI=1S/C27H28ClF3N4O4/c28-23-17-22(35(38)39)5-6-24(23)32-26(37)34-14-10-20(11-15-34)19-8-12-33(13-9-19)25(36)7-4-18-2-1-3-21(16-18)27(29,30)31/h1-7,16-17,19-20H,8-15H2,(H,32,37)/b7-4+. The second-order valence-corrected chi connectivity index (χ2v) is 10.2. The maximum Gasteiger partial charge on any atom is 0.416 e. The van der Waals surface area contributed by atoms with Crippen molar-refractivity contribution in [2.24, 2.45) is 11.8 Å². The summed E-state index contributed by atoms with van der Waals surface area (Å²) >= 11 is 6.08. The molecule has 208 valence electrons. The van der Waals surface area contributed by atoms with Crippen LogP contribution < -0.4 is 5.32 Å². The molecule has 0 unspecified atom stereocenters. The molecule has 8 nitrogen and oxygen atoms in total. The first kappa shape index (κ1) is 28.4. The Labute approximate surface area is 228 Å². The molecular weight excluding hydrogens is 537 g/mol. The molecular formula is C27H28ClF3N4O4. The van der Waals surface area contributed by atoms with Gasteiger partial charge in [-0.3, -0.25) is 14.9 Å². The Morgan fingerprint density at radius 2 is 1.59 bits per heavy atom. The molecule has 0 aromatic heterocycles. The number of benzene rings is 2. The van der Waals surface area contributed by atoms with E-state index in [9.17, 15) is 32.9 Å². The Balaban J connectivity index is 1.22. The second-order valence-electron chi connectivity index (χ2n) is 9.80. The number of carbonyl (C=O) groups is 2. The van der Waals surface area contributed by atoms with Crippen molar-refractivity contribution in [2.75, 3.05) is 31.5 Å². The summed E-state index contributed by atoms with van der Waals surface area (Å²) in [6, 6.07) is 8.44. The SMILES string of the molecule is O=C(/C=C/c1cccc(C(F)(F)F)c1)N1CCC(C2CCN(C(=O)Nc3ccc([N+](=O)[O-])cc3Cl)CC2)CC1. The van der Waals surface area contributed by atoms with Crippen LogP contribution in [0.15, 0.2) is 48.5 Å². The van der Waals surface area contributed by atoms with Crippen LogP contribution in [0, 0.1) is 22.0 Å². The largest absolute Gasteiger partial charge is 0.416 e.